The van der Waals surface area contributed by atoms with Crippen molar-refractivity contribution in [3.8, 4) is 0 Å². The molecule has 0 bridgehead atoms. The molecule has 0 aliphatic heterocycles. The molecule has 0 aliphatic carbocycles. The molecule has 2 N–H and O–H groups in total. The van der Waals surface area contributed by atoms with E-state index in [9.17, 15) is 0 Å². The molecule has 3 nitrogen and oxygen atoms in total. The lowest BCUT2D eigenvalue weighted by Gasteiger charge is -2.26. The standard InChI is InChI=1S/C14H32N2O/c1-13(11-15-14(2,3)4)12-16(5)9-7-6-8-10-17/h13,15,17H,6-12H2,1-5H3. The first-order valence-electron chi connectivity index (χ1n) is 6.89. The van der Waals surface area contributed by atoms with Gasteiger partial charge in [0.1, 0.15) is 0 Å². The Balaban J connectivity index is 3.55. The molecule has 0 aromatic heterocycles. The van der Waals surface area contributed by atoms with Crippen LogP contribution < -0.4 is 5.32 Å². The van der Waals surface area contributed by atoms with E-state index in [0.29, 0.717) is 12.5 Å². The van der Waals surface area contributed by atoms with Gasteiger partial charge in [0.15, 0.2) is 0 Å². The Labute approximate surface area is 108 Å². The second-order valence-electron chi connectivity index (χ2n) is 6.28. The van der Waals surface area contributed by atoms with E-state index in [2.05, 4.69) is 45.0 Å². The Morgan fingerprint density at radius 2 is 1.82 bits per heavy atom. The lowest BCUT2D eigenvalue weighted by Crippen LogP contribution is -2.41. The number of nitrogens with zero attached hydrogens (tertiary/aromatic N) is 1. The zero-order valence-corrected chi connectivity index (χ0v) is 12.4. The van der Waals surface area contributed by atoms with E-state index in [-0.39, 0.29) is 5.54 Å². The molecule has 0 heterocycles. The third-order valence-electron chi connectivity index (χ3n) is 2.80. The molecule has 17 heavy (non-hydrogen) atoms. The average Bonchev–Trinajstić information content (AvgIpc) is 2.21. The van der Waals surface area contributed by atoms with Crippen molar-refractivity contribution in [2.75, 3.05) is 33.3 Å². The summed E-state index contributed by atoms with van der Waals surface area (Å²) in [6.45, 7) is 12.6. The zero-order chi connectivity index (χ0) is 13.3. The molecule has 0 saturated carbocycles. The summed E-state index contributed by atoms with van der Waals surface area (Å²) in [6.07, 6.45) is 3.26. The van der Waals surface area contributed by atoms with E-state index in [1.807, 2.05) is 0 Å². The quantitative estimate of drug-likeness (QED) is 0.610. The molecule has 0 rings (SSSR count). The zero-order valence-electron chi connectivity index (χ0n) is 12.4. The van der Waals surface area contributed by atoms with Crippen LogP contribution in [0.5, 0.6) is 0 Å². The van der Waals surface area contributed by atoms with Crippen LogP contribution in [0.3, 0.4) is 0 Å². The molecule has 3 heteroatoms. The lowest BCUT2D eigenvalue weighted by molar-refractivity contribution is 0.252. The van der Waals surface area contributed by atoms with Crippen LogP contribution in [0.1, 0.15) is 47.0 Å². The average molecular weight is 244 g/mol. The summed E-state index contributed by atoms with van der Waals surface area (Å²) >= 11 is 0. The molecule has 1 unspecified atom stereocenters. The normalized spacial score (nSPS) is 14.3. The smallest absolute Gasteiger partial charge is 0.0431 e. The molecule has 0 amide bonds. The van der Waals surface area contributed by atoms with Crippen LogP contribution in [0.15, 0.2) is 0 Å². The number of rotatable bonds is 9. The number of aliphatic hydroxyl groups excluding tert-OH is 1. The molecule has 0 aromatic carbocycles. The van der Waals surface area contributed by atoms with Crippen molar-refractivity contribution in [3.63, 3.8) is 0 Å². The van der Waals surface area contributed by atoms with Crippen LogP contribution in [0.2, 0.25) is 0 Å². The number of aliphatic hydroxyl groups is 1. The van der Waals surface area contributed by atoms with Gasteiger partial charge in [0, 0.05) is 18.7 Å². The van der Waals surface area contributed by atoms with Crippen molar-refractivity contribution in [1.29, 1.82) is 0 Å². The van der Waals surface area contributed by atoms with Crippen molar-refractivity contribution in [1.82, 2.24) is 10.2 Å². The summed E-state index contributed by atoms with van der Waals surface area (Å²) in [5.74, 6) is 0.678. The van der Waals surface area contributed by atoms with Gasteiger partial charge in [-0.1, -0.05) is 6.92 Å². The van der Waals surface area contributed by atoms with Gasteiger partial charge in [0.2, 0.25) is 0 Å². The number of nitrogens with one attached hydrogen (secondary N) is 1. The van der Waals surface area contributed by atoms with Gasteiger partial charge in [0.05, 0.1) is 0 Å². The highest BCUT2D eigenvalue weighted by molar-refractivity contribution is 4.72. The van der Waals surface area contributed by atoms with Gasteiger partial charge < -0.3 is 15.3 Å². The van der Waals surface area contributed by atoms with Gasteiger partial charge in [0.25, 0.3) is 0 Å². The number of unbranched alkanes of at least 4 members (excludes halogenated alkanes) is 2. The maximum Gasteiger partial charge on any atom is 0.0431 e. The third-order valence-corrected chi connectivity index (χ3v) is 2.80. The molecule has 1 atom stereocenters. The molecular formula is C14H32N2O. The Bertz CT molecular complexity index is 178. The van der Waals surface area contributed by atoms with Crippen LogP contribution in [-0.2, 0) is 0 Å². The van der Waals surface area contributed by atoms with Gasteiger partial charge in [-0.3, -0.25) is 0 Å². The van der Waals surface area contributed by atoms with E-state index in [4.69, 9.17) is 5.11 Å². The second kappa shape index (κ2) is 8.90. The highest BCUT2D eigenvalue weighted by atomic mass is 16.2. The first-order valence-corrected chi connectivity index (χ1v) is 6.89. The minimum absolute atomic E-state index is 0.216. The third kappa shape index (κ3) is 12.1. The second-order valence-corrected chi connectivity index (χ2v) is 6.28. The van der Waals surface area contributed by atoms with Gasteiger partial charge in [-0.2, -0.15) is 0 Å². The van der Waals surface area contributed by atoms with Crippen molar-refractivity contribution in [2.45, 2.75) is 52.5 Å². The van der Waals surface area contributed by atoms with E-state index in [0.717, 1.165) is 32.5 Å². The van der Waals surface area contributed by atoms with Crippen molar-refractivity contribution in [3.05, 3.63) is 0 Å². The molecule has 0 saturated heterocycles. The molecule has 0 fully saturated rings. The fourth-order valence-corrected chi connectivity index (χ4v) is 1.84. The van der Waals surface area contributed by atoms with Crippen molar-refractivity contribution >= 4 is 0 Å². The Kier molecular flexibility index (Phi) is 8.83. The Morgan fingerprint density at radius 3 is 2.35 bits per heavy atom. The van der Waals surface area contributed by atoms with Crippen LogP contribution in [-0.4, -0.2) is 48.8 Å². The minimum atomic E-state index is 0.216. The summed E-state index contributed by atoms with van der Waals surface area (Å²) in [5, 5.41) is 12.2. The van der Waals surface area contributed by atoms with Gasteiger partial charge in [-0.05, 0) is 66.1 Å². The van der Waals surface area contributed by atoms with Gasteiger partial charge in [-0.25, -0.2) is 0 Å². The maximum absolute atomic E-state index is 8.70. The lowest BCUT2D eigenvalue weighted by atomic mass is 10.1. The first-order chi connectivity index (χ1) is 7.85. The SMILES string of the molecule is CC(CNC(C)(C)C)CN(C)CCCCCO. The first kappa shape index (κ1) is 16.9. The van der Waals surface area contributed by atoms with Crippen LogP contribution in [0.25, 0.3) is 0 Å². The van der Waals surface area contributed by atoms with Gasteiger partial charge in [-0.15, -0.1) is 0 Å². The summed E-state index contributed by atoms with van der Waals surface area (Å²) in [4.78, 5) is 2.40. The van der Waals surface area contributed by atoms with Crippen molar-refractivity contribution < 1.29 is 5.11 Å². The summed E-state index contributed by atoms with van der Waals surface area (Å²) in [7, 11) is 2.19. The summed E-state index contributed by atoms with van der Waals surface area (Å²) in [6, 6.07) is 0. The summed E-state index contributed by atoms with van der Waals surface area (Å²) in [5.41, 5.74) is 0.216. The van der Waals surface area contributed by atoms with Gasteiger partial charge >= 0.3 is 0 Å². The van der Waals surface area contributed by atoms with Crippen molar-refractivity contribution in [2.24, 2.45) is 5.92 Å². The predicted molar refractivity (Wildman–Crippen MR) is 75.4 cm³/mol. The fourth-order valence-electron chi connectivity index (χ4n) is 1.84. The largest absolute Gasteiger partial charge is 0.396 e. The molecule has 0 aromatic rings. The highest BCUT2D eigenvalue weighted by Gasteiger charge is 2.12. The topological polar surface area (TPSA) is 35.5 Å². The van der Waals surface area contributed by atoms with E-state index in [1.54, 1.807) is 0 Å². The van der Waals surface area contributed by atoms with Crippen LogP contribution in [0, 0.1) is 5.92 Å². The maximum atomic E-state index is 8.70. The molecule has 0 radical (unpaired) electrons. The summed E-state index contributed by atoms with van der Waals surface area (Å²) < 4.78 is 0. The number of hydrogen-bond donors (Lipinski definition) is 2. The van der Waals surface area contributed by atoms with Crippen LogP contribution in [0.4, 0.5) is 0 Å². The van der Waals surface area contributed by atoms with E-state index in [1.165, 1.54) is 6.42 Å². The van der Waals surface area contributed by atoms with Crippen LogP contribution >= 0.6 is 0 Å². The minimum Gasteiger partial charge on any atom is -0.396 e. The molecule has 0 spiro atoms. The number of hydrogen-bond acceptors (Lipinski definition) is 3. The monoisotopic (exact) mass is 244 g/mol. The Morgan fingerprint density at radius 1 is 1.18 bits per heavy atom. The molecule has 0 aliphatic rings. The Hall–Kier alpha value is -0.120. The predicted octanol–water partition coefficient (Wildman–Crippen LogP) is 2.10. The van der Waals surface area contributed by atoms with E-state index >= 15 is 0 Å². The fraction of sp³-hybridized carbons (Fsp3) is 1.00. The molecule has 104 valence electrons. The molecular weight excluding hydrogens is 212 g/mol. The van der Waals surface area contributed by atoms with E-state index < -0.39 is 0 Å². The highest BCUT2D eigenvalue weighted by Crippen LogP contribution is 2.04.